The van der Waals surface area contributed by atoms with Crippen LogP contribution in [0, 0.1) is 0 Å². The van der Waals surface area contributed by atoms with Crippen molar-refractivity contribution in [2.45, 2.75) is 25.4 Å². The highest BCUT2D eigenvalue weighted by Crippen LogP contribution is 2.38. The first-order valence-electron chi connectivity index (χ1n) is 10.3. The molecule has 4 aromatic rings. The van der Waals surface area contributed by atoms with Crippen molar-refractivity contribution < 1.29 is 19.0 Å². The van der Waals surface area contributed by atoms with Gasteiger partial charge in [-0.15, -0.1) is 11.3 Å². The van der Waals surface area contributed by atoms with Gasteiger partial charge in [-0.1, -0.05) is 12.1 Å². The molecule has 7 nitrogen and oxygen atoms in total. The van der Waals surface area contributed by atoms with Crippen LogP contribution in [0.15, 0.2) is 41.9 Å². The maximum absolute atomic E-state index is 12.9. The van der Waals surface area contributed by atoms with Crippen LogP contribution in [-0.2, 0) is 17.8 Å². The van der Waals surface area contributed by atoms with Crippen molar-refractivity contribution in [2.75, 3.05) is 21.3 Å². The second kappa shape index (κ2) is 8.37. The molecule has 0 saturated heterocycles. The number of thiophene rings is 1. The van der Waals surface area contributed by atoms with Crippen LogP contribution >= 0.6 is 11.3 Å². The lowest BCUT2D eigenvalue weighted by Gasteiger charge is -2.23. The lowest BCUT2D eigenvalue weighted by molar-refractivity contribution is 0.0962. The molecule has 0 fully saturated rings. The van der Waals surface area contributed by atoms with Crippen molar-refractivity contribution >= 4 is 22.8 Å². The van der Waals surface area contributed by atoms with E-state index in [2.05, 4.69) is 16.4 Å². The second-order valence-electron chi connectivity index (χ2n) is 7.72. The van der Waals surface area contributed by atoms with Crippen molar-refractivity contribution in [1.29, 1.82) is 0 Å². The summed E-state index contributed by atoms with van der Waals surface area (Å²) in [6, 6.07) is 9.86. The van der Waals surface area contributed by atoms with Crippen molar-refractivity contribution in [3.63, 3.8) is 0 Å². The lowest BCUT2D eigenvalue weighted by Crippen LogP contribution is -2.22. The Labute approximate surface area is 189 Å². The Hall–Kier alpha value is -3.23. The highest BCUT2D eigenvalue weighted by Gasteiger charge is 2.31. The molecule has 0 amide bonds. The van der Waals surface area contributed by atoms with E-state index in [0.29, 0.717) is 35.7 Å². The van der Waals surface area contributed by atoms with E-state index in [0.717, 1.165) is 28.9 Å². The summed E-state index contributed by atoms with van der Waals surface area (Å²) in [4.78, 5) is 18.8. The van der Waals surface area contributed by atoms with Gasteiger partial charge in [0.1, 0.15) is 0 Å². The average molecular weight is 450 g/mol. The number of hydrogen-bond acceptors (Lipinski definition) is 7. The Balaban J connectivity index is 1.70. The van der Waals surface area contributed by atoms with Gasteiger partial charge in [0.15, 0.2) is 22.9 Å². The normalized spacial score (nSPS) is 15.7. The second-order valence-corrected chi connectivity index (χ2v) is 8.70. The Kier molecular flexibility index (Phi) is 5.40. The van der Waals surface area contributed by atoms with E-state index in [1.165, 1.54) is 4.88 Å². The van der Waals surface area contributed by atoms with Crippen LogP contribution in [0.5, 0.6) is 11.5 Å². The van der Waals surface area contributed by atoms with Gasteiger partial charge in [-0.3, -0.25) is 4.79 Å². The zero-order valence-corrected chi connectivity index (χ0v) is 18.9. The molecule has 8 heteroatoms. The number of methoxy groups -OCH3 is 3. The highest BCUT2D eigenvalue weighted by molar-refractivity contribution is 7.10. The van der Waals surface area contributed by atoms with E-state index in [1.54, 1.807) is 38.9 Å². The summed E-state index contributed by atoms with van der Waals surface area (Å²) in [5.74, 6) is 1.53. The topological polar surface area (TPSA) is 75.0 Å². The quantitative estimate of drug-likeness (QED) is 0.430. The van der Waals surface area contributed by atoms with Crippen molar-refractivity contribution in [3.8, 4) is 22.6 Å². The first kappa shape index (κ1) is 20.7. The molecule has 0 saturated carbocycles. The molecule has 1 atom stereocenters. The third kappa shape index (κ3) is 3.36. The van der Waals surface area contributed by atoms with Gasteiger partial charge < -0.3 is 14.2 Å². The number of hydrogen-bond donors (Lipinski definition) is 0. The maximum Gasteiger partial charge on any atom is 0.166 e. The first-order valence-corrected chi connectivity index (χ1v) is 11.2. The van der Waals surface area contributed by atoms with Crippen LogP contribution in [0.3, 0.4) is 0 Å². The predicted octanol–water partition coefficient (Wildman–Crippen LogP) is 4.53. The van der Waals surface area contributed by atoms with Gasteiger partial charge in [0.05, 0.1) is 43.3 Å². The third-order valence-electron chi connectivity index (χ3n) is 5.89. The minimum absolute atomic E-state index is 0.107. The fourth-order valence-electron chi connectivity index (χ4n) is 4.39. The van der Waals surface area contributed by atoms with Gasteiger partial charge in [0.25, 0.3) is 0 Å². The average Bonchev–Trinajstić information content (AvgIpc) is 3.47. The summed E-state index contributed by atoms with van der Waals surface area (Å²) in [5, 5.41) is 6.90. The Morgan fingerprint density at radius 1 is 1.12 bits per heavy atom. The minimum atomic E-state index is 0.107. The molecule has 0 spiro atoms. The van der Waals surface area contributed by atoms with E-state index < -0.39 is 0 Å². The number of ketones is 1. The van der Waals surface area contributed by atoms with Gasteiger partial charge >= 0.3 is 0 Å². The van der Waals surface area contributed by atoms with E-state index in [4.69, 9.17) is 19.3 Å². The molecule has 32 heavy (non-hydrogen) atoms. The summed E-state index contributed by atoms with van der Waals surface area (Å²) in [7, 11) is 4.86. The number of carbonyl (C=O) groups excluding carboxylic acids is 1. The van der Waals surface area contributed by atoms with Crippen molar-refractivity contribution in [3.05, 3.63) is 63.7 Å². The van der Waals surface area contributed by atoms with Gasteiger partial charge in [0, 0.05) is 30.5 Å². The Morgan fingerprint density at radius 3 is 2.69 bits per heavy atom. The summed E-state index contributed by atoms with van der Waals surface area (Å²) < 4.78 is 18.2. The molecule has 3 aromatic heterocycles. The molecule has 0 bridgehead atoms. The molecule has 1 aliphatic rings. The molecule has 3 heterocycles. The van der Waals surface area contributed by atoms with Crippen LogP contribution < -0.4 is 9.47 Å². The van der Waals surface area contributed by atoms with Gasteiger partial charge in [-0.25, -0.2) is 9.50 Å². The highest BCUT2D eigenvalue weighted by atomic mass is 32.1. The molecule has 0 N–H and O–H groups in total. The predicted molar refractivity (Wildman–Crippen MR) is 122 cm³/mol. The molecular weight excluding hydrogens is 426 g/mol. The molecule has 0 radical (unpaired) electrons. The molecule has 0 aliphatic heterocycles. The number of ether oxygens (including phenoxy) is 3. The van der Waals surface area contributed by atoms with E-state index >= 15 is 0 Å². The number of nitrogens with zero attached hydrogens (tertiary/aromatic N) is 3. The zero-order chi connectivity index (χ0) is 22.2. The van der Waals surface area contributed by atoms with E-state index in [-0.39, 0.29) is 11.7 Å². The number of aromatic nitrogens is 3. The first-order chi connectivity index (χ1) is 15.6. The van der Waals surface area contributed by atoms with Crippen LogP contribution in [0.1, 0.15) is 39.0 Å². The van der Waals surface area contributed by atoms with Crippen molar-refractivity contribution in [2.24, 2.45) is 0 Å². The van der Waals surface area contributed by atoms with Gasteiger partial charge in [-0.2, -0.15) is 5.10 Å². The summed E-state index contributed by atoms with van der Waals surface area (Å²) >= 11 is 1.69. The van der Waals surface area contributed by atoms with Gasteiger partial charge in [-0.05, 0) is 35.6 Å². The number of Topliss-reactive ketones (excluding diaryl/α,β-unsaturated/α-hetero) is 1. The number of carbonyl (C=O) groups is 1. The van der Waals surface area contributed by atoms with E-state index in [9.17, 15) is 4.79 Å². The van der Waals surface area contributed by atoms with Crippen LogP contribution in [0.2, 0.25) is 0 Å². The van der Waals surface area contributed by atoms with Crippen molar-refractivity contribution in [1.82, 2.24) is 14.6 Å². The van der Waals surface area contributed by atoms with Crippen LogP contribution in [0.25, 0.3) is 16.8 Å². The molecular formula is C24H23N3O4S. The molecule has 164 valence electrons. The fourth-order valence-corrected chi connectivity index (χ4v) is 5.22. The van der Waals surface area contributed by atoms with Crippen LogP contribution in [-0.4, -0.2) is 41.7 Å². The smallest absolute Gasteiger partial charge is 0.166 e. The largest absolute Gasteiger partial charge is 0.493 e. The molecule has 1 aromatic carbocycles. The fraction of sp³-hybridized carbons (Fsp3) is 0.292. The SMILES string of the molecule is COCc1nn2c3c(cnc2c1-c1ccc(OC)c(OC)c1)C(=O)C[C@@H](c1cccs1)C3. The number of benzene rings is 1. The van der Waals surface area contributed by atoms with Gasteiger partial charge in [0.2, 0.25) is 0 Å². The standard InChI is InChI=1S/C24H23N3O4S/c1-29-13-17-23(14-6-7-20(30-2)21(11-14)31-3)24-25-12-16-18(27(24)26-17)9-15(10-19(16)28)22-5-4-8-32-22/h4-8,11-12,15H,9-10,13H2,1-3H3/t15-/m0/s1. The molecule has 1 aliphatic carbocycles. The molecule has 0 unspecified atom stereocenters. The number of rotatable bonds is 6. The maximum atomic E-state index is 12.9. The summed E-state index contributed by atoms with van der Waals surface area (Å²) in [6.07, 6.45) is 2.93. The zero-order valence-electron chi connectivity index (χ0n) is 18.1. The van der Waals surface area contributed by atoms with Crippen LogP contribution in [0.4, 0.5) is 0 Å². The third-order valence-corrected chi connectivity index (χ3v) is 6.92. The Morgan fingerprint density at radius 2 is 1.97 bits per heavy atom. The molecule has 5 rings (SSSR count). The summed E-state index contributed by atoms with van der Waals surface area (Å²) in [5.41, 5.74) is 4.76. The summed E-state index contributed by atoms with van der Waals surface area (Å²) in [6.45, 7) is 0.324. The Bertz CT molecular complexity index is 1300. The van der Waals surface area contributed by atoms with E-state index in [1.807, 2.05) is 28.8 Å². The monoisotopic (exact) mass is 449 g/mol. The minimum Gasteiger partial charge on any atom is -0.493 e. The number of fused-ring (bicyclic) bond motifs is 3. The lowest BCUT2D eigenvalue weighted by atomic mass is 9.85.